The second kappa shape index (κ2) is 2.75. The van der Waals surface area contributed by atoms with Crippen LogP contribution in [0.3, 0.4) is 0 Å². The molecule has 5 heteroatoms. The van der Waals surface area contributed by atoms with E-state index in [-0.39, 0.29) is 12.3 Å². The zero-order valence-corrected chi connectivity index (χ0v) is 6.74. The first-order chi connectivity index (χ1) is 5.50. The van der Waals surface area contributed by atoms with Crippen LogP contribution in [-0.2, 0) is 14.3 Å². The van der Waals surface area contributed by atoms with Crippen molar-refractivity contribution in [1.29, 1.82) is 0 Å². The summed E-state index contributed by atoms with van der Waals surface area (Å²) in [5.41, 5.74) is 4.52. The van der Waals surface area contributed by atoms with E-state index in [9.17, 15) is 9.59 Å². The number of ether oxygens (including phenoxy) is 1. The molecule has 0 aromatic carbocycles. The Balaban J connectivity index is 2.48. The number of hydrogen-bond acceptors (Lipinski definition) is 4. The van der Waals surface area contributed by atoms with Gasteiger partial charge in [0.05, 0.1) is 13.5 Å². The number of nitrogens with two attached hydrogens (primary N) is 1. The van der Waals surface area contributed by atoms with Crippen LogP contribution in [0.2, 0.25) is 0 Å². The third kappa shape index (κ3) is 1.40. The van der Waals surface area contributed by atoms with Crippen LogP contribution in [0.25, 0.3) is 0 Å². The number of carbonyl (C=O) groups excluding carboxylic acids is 1. The van der Waals surface area contributed by atoms with Crippen molar-refractivity contribution >= 4 is 11.9 Å². The molecule has 2 atom stereocenters. The number of rotatable bonds is 3. The van der Waals surface area contributed by atoms with Gasteiger partial charge in [-0.2, -0.15) is 0 Å². The average Bonchev–Trinajstić information content (AvgIpc) is 2.60. The Morgan fingerprint density at radius 2 is 2.33 bits per heavy atom. The van der Waals surface area contributed by atoms with Crippen LogP contribution in [0.15, 0.2) is 0 Å². The maximum absolute atomic E-state index is 10.9. The fourth-order valence-corrected chi connectivity index (χ4v) is 1.25. The smallest absolute Gasteiger partial charge is 0.326 e. The minimum absolute atomic E-state index is 0.0639. The molecule has 0 heterocycles. The molecule has 0 aromatic rings. The molecule has 0 aromatic heterocycles. The van der Waals surface area contributed by atoms with Gasteiger partial charge in [-0.15, -0.1) is 0 Å². The molecule has 12 heavy (non-hydrogen) atoms. The van der Waals surface area contributed by atoms with E-state index in [0.717, 1.165) is 0 Å². The fourth-order valence-electron chi connectivity index (χ4n) is 1.25. The van der Waals surface area contributed by atoms with Gasteiger partial charge in [0.25, 0.3) is 0 Å². The highest BCUT2D eigenvalue weighted by molar-refractivity contribution is 5.86. The van der Waals surface area contributed by atoms with Gasteiger partial charge in [0.15, 0.2) is 0 Å². The molecular weight excluding hydrogens is 162 g/mol. The standard InChI is InChI=1S/C7H11NO4/c1-12-6(11)7(8)3-4(7)2-5(9)10/h4H,2-3,8H2,1H3,(H,9,10)/t4-,7+/m0/s1. The van der Waals surface area contributed by atoms with Crippen molar-refractivity contribution in [1.82, 2.24) is 0 Å². The summed E-state index contributed by atoms with van der Waals surface area (Å²) in [5, 5.41) is 8.40. The lowest BCUT2D eigenvalue weighted by Crippen LogP contribution is -2.36. The number of methoxy groups -OCH3 is 1. The predicted molar refractivity (Wildman–Crippen MR) is 39.3 cm³/mol. The highest BCUT2D eigenvalue weighted by Crippen LogP contribution is 2.44. The monoisotopic (exact) mass is 173 g/mol. The molecule has 0 radical (unpaired) electrons. The number of esters is 1. The summed E-state index contributed by atoms with van der Waals surface area (Å²) < 4.78 is 4.43. The van der Waals surface area contributed by atoms with E-state index in [4.69, 9.17) is 10.8 Å². The molecule has 0 unspecified atom stereocenters. The summed E-state index contributed by atoms with van der Waals surface area (Å²) in [4.78, 5) is 21.2. The van der Waals surface area contributed by atoms with Crippen molar-refractivity contribution in [2.45, 2.75) is 18.4 Å². The van der Waals surface area contributed by atoms with Crippen molar-refractivity contribution in [3.8, 4) is 0 Å². The Morgan fingerprint density at radius 1 is 1.75 bits per heavy atom. The van der Waals surface area contributed by atoms with Crippen LogP contribution in [-0.4, -0.2) is 29.7 Å². The molecule has 1 aliphatic carbocycles. The SMILES string of the molecule is COC(=O)[C@@]1(N)C[C@@H]1CC(=O)O. The molecule has 68 valence electrons. The largest absolute Gasteiger partial charge is 0.481 e. The molecule has 3 N–H and O–H groups in total. The molecule has 0 saturated heterocycles. The predicted octanol–water partition coefficient (Wildman–Crippen LogP) is -0.648. The lowest BCUT2D eigenvalue weighted by Gasteiger charge is -2.06. The molecule has 0 amide bonds. The van der Waals surface area contributed by atoms with Gasteiger partial charge in [-0.05, 0) is 6.42 Å². The quantitative estimate of drug-likeness (QED) is 0.553. The van der Waals surface area contributed by atoms with Crippen molar-refractivity contribution in [2.24, 2.45) is 11.7 Å². The molecule has 1 saturated carbocycles. The number of carbonyl (C=O) groups is 2. The van der Waals surface area contributed by atoms with Gasteiger partial charge in [0, 0.05) is 5.92 Å². The highest BCUT2D eigenvalue weighted by atomic mass is 16.5. The van der Waals surface area contributed by atoms with E-state index >= 15 is 0 Å². The number of carboxylic acid groups (broad SMARTS) is 1. The zero-order valence-electron chi connectivity index (χ0n) is 6.74. The van der Waals surface area contributed by atoms with E-state index in [1.54, 1.807) is 0 Å². The first kappa shape index (κ1) is 8.99. The number of hydrogen-bond donors (Lipinski definition) is 2. The van der Waals surface area contributed by atoms with Gasteiger partial charge in [-0.25, -0.2) is 0 Å². The lowest BCUT2D eigenvalue weighted by atomic mass is 10.2. The third-order valence-electron chi connectivity index (χ3n) is 2.14. The summed E-state index contributed by atoms with van der Waals surface area (Å²) in [6.07, 6.45) is 0.345. The Morgan fingerprint density at radius 3 is 2.75 bits per heavy atom. The lowest BCUT2D eigenvalue weighted by molar-refractivity contribution is -0.144. The maximum Gasteiger partial charge on any atom is 0.326 e. The van der Waals surface area contributed by atoms with Gasteiger partial charge in [-0.1, -0.05) is 0 Å². The normalized spacial score (nSPS) is 32.7. The fraction of sp³-hybridized carbons (Fsp3) is 0.714. The minimum Gasteiger partial charge on any atom is -0.481 e. The second-order valence-corrected chi connectivity index (χ2v) is 3.03. The van der Waals surface area contributed by atoms with Crippen molar-refractivity contribution in [2.75, 3.05) is 7.11 Å². The second-order valence-electron chi connectivity index (χ2n) is 3.03. The van der Waals surface area contributed by atoms with Gasteiger partial charge in [0.1, 0.15) is 5.54 Å². The zero-order chi connectivity index (χ0) is 9.35. The van der Waals surface area contributed by atoms with E-state index in [1.807, 2.05) is 0 Å². The first-order valence-corrected chi connectivity index (χ1v) is 3.60. The van der Waals surface area contributed by atoms with Crippen LogP contribution in [0.4, 0.5) is 0 Å². The van der Waals surface area contributed by atoms with Crippen LogP contribution in [0.1, 0.15) is 12.8 Å². The minimum atomic E-state index is -1.03. The number of carboxylic acids is 1. The van der Waals surface area contributed by atoms with Gasteiger partial charge >= 0.3 is 11.9 Å². The first-order valence-electron chi connectivity index (χ1n) is 3.60. The van der Waals surface area contributed by atoms with Gasteiger partial charge in [-0.3, -0.25) is 9.59 Å². The van der Waals surface area contributed by atoms with Gasteiger partial charge in [0.2, 0.25) is 0 Å². The molecule has 0 aliphatic heterocycles. The van der Waals surface area contributed by atoms with Crippen LogP contribution >= 0.6 is 0 Å². The molecule has 1 rings (SSSR count). The Hall–Kier alpha value is -1.10. The third-order valence-corrected chi connectivity index (χ3v) is 2.14. The van der Waals surface area contributed by atoms with Crippen molar-refractivity contribution < 1.29 is 19.4 Å². The molecule has 0 spiro atoms. The van der Waals surface area contributed by atoms with E-state index < -0.39 is 17.5 Å². The van der Waals surface area contributed by atoms with E-state index in [2.05, 4.69) is 4.74 Å². The van der Waals surface area contributed by atoms with Crippen molar-refractivity contribution in [3.05, 3.63) is 0 Å². The molecule has 0 bridgehead atoms. The summed E-state index contributed by atoms with van der Waals surface area (Å²) in [6, 6.07) is 0. The van der Waals surface area contributed by atoms with Crippen LogP contribution in [0.5, 0.6) is 0 Å². The highest BCUT2D eigenvalue weighted by Gasteiger charge is 2.58. The average molecular weight is 173 g/mol. The Labute approximate surface area is 69.5 Å². The van der Waals surface area contributed by atoms with E-state index in [0.29, 0.717) is 6.42 Å². The maximum atomic E-state index is 10.9. The molecule has 1 aliphatic rings. The van der Waals surface area contributed by atoms with Gasteiger partial charge < -0.3 is 15.6 Å². The van der Waals surface area contributed by atoms with Crippen molar-refractivity contribution in [3.63, 3.8) is 0 Å². The topological polar surface area (TPSA) is 89.6 Å². The summed E-state index contributed by atoms with van der Waals surface area (Å²) >= 11 is 0. The van der Waals surface area contributed by atoms with Crippen LogP contribution < -0.4 is 5.73 Å². The summed E-state index contributed by atoms with van der Waals surface area (Å²) in [6.45, 7) is 0. The number of aliphatic carboxylic acids is 1. The summed E-state index contributed by atoms with van der Waals surface area (Å²) in [7, 11) is 1.24. The molecule has 5 nitrogen and oxygen atoms in total. The Bertz CT molecular complexity index is 227. The molecule has 1 fully saturated rings. The summed E-state index contributed by atoms with van der Waals surface area (Å²) in [5.74, 6) is -1.72. The Kier molecular flexibility index (Phi) is 2.06. The molecular formula is C7H11NO4. The van der Waals surface area contributed by atoms with E-state index in [1.165, 1.54) is 7.11 Å². The van der Waals surface area contributed by atoms with Crippen LogP contribution in [0, 0.1) is 5.92 Å².